The summed E-state index contributed by atoms with van der Waals surface area (Å²) in [5, 5.41) is 3.01. The summed E-state index contributed by atoms with van der Waals surface area (Å²) in [4.78, 5) is 39.7. The number of hydrogen-bond acceptors (Lipinski definition) is 7. The molecule has 3 unspecified atom stereocenters. The SMILES string of the molecule is CCCC/C=C\CCCCCCCC(=O)NC(COP(=O)([O-])OCC[N+](C)(C)C)C(/C=C\CCCCCCCCCCC)OC(=O)CCCCCCCCCCCCCCCCCCCCC. The topological polar surface area (TPSA) is 114 Å². The highest BCUT2D eigenvalue weighted by molar-refractivity contribution is 7.45. The first-order chi connectivity index (χ1) is 32.4. The van der Waals surface area contributed by atoms with Crippen LogP contribution in [0.2, 0.25) is 0 Å². The Hall–Kier alpha value is -1.51. The highest BCUT2D eigenvalue weighted by atomic mass is 31.2. The van der Waals surface area contributed by atoms with Crippen molar-refractivity contribution in [2.75, 3.05) is 40.9 Å². The van der Waals surface area contributed by atoms with Gasteiger partial charge in [0, 0.05) is 12.8 Å². The number of rotatable bonds is 52. The van der Waals surface area contributed by atoms with Crippen molar-refractivity contribution in [3.63, 3.8) is 0 Å². The van der Waals surface area contributed by atoms with E-state index in [2.05, 4.69) is 38.2 Å². The zero-order chi connectivity index (χ0) is 49.4. The average molecular weight is 967 g/mol. The lowest BCUT2D eigenvalue weighted by molar-refractivity contribution is -0.870. The molecule has 3 atom stereocenters. The molecule has 0 aliphatic rings. The van der Waals surface area contributed by atoms with Crippen molar-refractivity contribution in [1.29, 1.82) is 0 Å². The van der Waals surface area contributed by atoms with Gasteiger partial charge in [-0.1, -0.05) is 238 Å². The van der Waals surface area contributed by atoms with Crippen LogP contribution in [-0.2, 0) is 27.9 Å². The molecule has 0 radical (unpaired) electrons. The van der Waals surface area contributed by atoms with Gasteiger partial charge in [0.05, 0.1) is 33.8 Å². The Labute approximate surface area is 415 Å². The quantitative estimate of drug-likeness (QED) is 0.0212. The number of ether oxygens (including phenoxy) is 1. The number of phosphoric ester groups is 1. The lowest BCUT2D eigenvalue weighted by Gasteiger charge is -2.30. The summed E-state index contributed by atoms with van der Waals surface area (Å²) >= 11 is 0. The van der Waals surface area contributed by atoms with Crippen molar-refractivity contribution < 1.29 is 37.3 Å². The Morgan fingerprint density at radius 3 is 1.31 bits per heavy atom. The molecule has 0 aromatic heterocycles. The molecule has 0 saturated heterocycles. The second-order valence-corrected chi connectivity index (χ2v) is 22.2. The van der Waals surface area contributed by atoms with E-state index in [0.717, 1.165) is 83.5 Å². The van der Waals surface area contributed by atoms with E-state index >= 15 is 0 Å². The average Bonchev–Trinajstić information content (AvgIpc) is 3.28. The lowest BCUT2D eigenvalue weighted by atomic mass is 10.0. The number of carbonyl (C=O) groups excluding carboxylic acids is 2. The minimum atomic E-state index is -4.69. The summed E-state index contributed by atoms with van der Waals surface area (Å²) < 4.78 is 30.2. The molecule has 396 valence electrons. The van der Waals surface area contributed by atoms with Gasteiger partial charge in [0.25, 0.3) is 7.82 Å². The van der Waals surface area contributed by atoms with Crippen molar-refractivity contribution in [2.45, 2.75) is 290 Å². The van der Waals surface area contributed by atoms with E-state index in [0.29, 0.717) is 17.4 Å². The van der Waals surface area contributed by atoms with E-state index in [1.807, 2.05) is 33.3 Å². The van der Waals surface area contributed by atoms with Gasteiger partial charge in [-0.3, -0.25) is 14.2 Å². The number of phosphoric acid groups is 1. The fourth-order valence-electron chi connectivity index (χ4n) is 8.39. The van der Waals surface area contributed by atoms with Crippen LogP contribution in [0.15, 0.2) is 24.3 Å². The summed E-state index contributed by atoms with van der Waals surface area (Å²) in [6, 6.07) is -0.885. The summed E-state index contributed by atoms with van der Waals surface area (Å²) in [6.45, 7) is 6.81. The highest BCUT2D eigenvalue weighted by Crippen LogP contribution is 2.38. The second-order valence-electron chi connectivity index (χ2n) is 20.8. The van der Waals surface area contributed by atoms with Gasteiger partial charge in [0.1, 0.15) is 19.3 Å². The van der Waals surface area contributed by atoms with E-state index < -0.39 is 20.0 Å². The molecule has 0 aromatic rings. The van der Waals surface area contributed by atoms with Crippen LogP contribution in [0.4, 0.5) is 0 Å². The minimum Gasteiger partial charge on any atom is -0.756 e. The number of nitrogens with zero attached hydrogens (tertiary/aromatic N) is 1. The smallest absolute Gasteiger partial charge is 0.306 e. The molecule has 0 heterocycles. The summed E-state index contributed by atoms with van der Waals surface area (Å²) in [6.07, 6.45) is 54.3. The molecule has 0 rings (SSSR count). The number of carbonyl (C=O) groups is 2. The Morgan fingerprint density at radius 1 is 0.507 bits per heavy atom. The third kappa shape index (κ3) is 49.3. The Kier molecular flexibility index (Phi) is 47.0. The molecule has 10 heteroatoms. The van der Waals surface area contributed by atoms with Crippen molar-refractivity contribution in [1.82, 2.24) is 5.32 Å². The molecule has 67 heavy (non-hydrogen) atoms. The molecular formula is C57H111N2O7P. The van der Waals surface area contributed by atoms with Crippen molar-refractivity contribution in [3.8, 4) is 0 Å². The summed E-state index contributed by atoms with van der Waals surface area (Å²) in [5.41, 5.74) is 0. The van der Waals surface area contributed by atoms with E-state index in [4.69, 9.17) is 13.8 Å². The number of nitrogens with one attached hydrogen (secondary N) is 1. The maximum absolute atomic E-state index is 13.4. The zero-order valence-corrected chi connectivity index (χ0v) is 46.0. The van der Waals surface area contributed by atoms with Gasteiger partial charge in [0.2, 0.25) is 5.91 Å². The number of unbranched alkanes of at least 4 members (excludes halogenated alkanes) is 34. The lowest BCUT2D eigenvalue weighted by Crippen LogP contribution is -2.47. The van der Waals surface area contributed by atoms with Gasteiger partial charge < -0.3 is 28.5 Å². The van der Waals surface area contributed by atoms with E-state index in [1.165, 1.54) is 161 Å². The Balaban J connectivity index is 5.21. The fourth-order valence-corrected chi connectivity index (χ4v) is 9.11. The van der Waals surface area contributed by atoms with E-state index in [9.17, 15) is 19.0 Å². The van der Waals surface area contributed by atoms with Crippen LogP contribution in [0.1, 0.15) is 278 Å². The van der Waals surface area contributed by atoms with Gasteiger partial charge in [0.15, 0.2) is 0 Å². The standard InChI is InChI=1S/C57H111N2O7P/c1-7-10-13-16-19-22-25-26-27-28-29-30-31-32-35-38-41-44-47-50-57(61)66-55(48-45-42-39-36-33-23-20-17-14-11-8-2)54(53-65-67(62,63)64-52-51-59(4,5)6)58-56(60)49-46-43-40-37-34-24-21-18-15-12-9-3/h18,21,45,48,54-55H,7-17,19-20,22-44,46-47,49-53H2,1-6H3,(H-,58,60,62,63)/b21-18-,48-45-. The van der Waals surface area contributed by atoms with Gasteiger partial charge in [-0.2, -0.15) is 0 Å². The van der Waals surface area contributed by atoms with Crippen LogP contribution < -0.4 is 10.2 Å². The highest BCUT2D eigenvalue weighted by Gasteiger charge is 2.27. The van der Waals surface area contributed by atoms with Crippen LogP contribution in [0.5, 0.6) is 0 Å². The third-order valence-corrected chi connectivity index (χ3v) is 13.8. The molecule has 0 saturated carbocycles. The van der Waals surface area contributed by atoms with Gasteiger partial charge in [-0.25, -0.2) is 0 Å². The first-order valence-electron chi connectivity index (χ1n) is 28.6. The molecule has 1 amide bonds. The summed E-state index contributed by atoms with van der Waals surface area (Å²) in [7, 11) is 1.19. The number of esters is 1. The van der Waals surface area contributed by atoms with E-state index in [-0.39, 0.29) is 31.5 Å². The monoisotopic (exact) mass is 967 g/mol. The molecule has 0 aliphatic heterocycles. The fraction of sp³-hybridized carbons (Fsp3) is 0.895. The zero-order valence-electron chi connectivity index (χ0n) is 45.1. The molecule has 0 aromatic carbocycles. The number of allylic oxidation sites excluding steroid dienone is 3. The molecular weight excluding hydrogens is 856 g/mol. The summed E-state index contributed by atoms with van der Waals surface area (Å²) in [5.74, 6) is -0.542. The molecule has 1 N–H and O–H groups in total. The predicted octanol–water partition coefficient (Wildman–Crippen LogP) is 16.4. The van der Waals surface area contributed by atoms with Crippen LogP contribution in [0, 0.1) is 0 Å². The van der Waals surface area contributed by atoms with Crippen LogP contribution >= 0.6 is 7.82 Å². The normalized spacial score (nSPS) is 14.0. The number of hydrogen-bond donors (Lipinski definition) is 1. The predicted molar refractivity (Wildman–Crippen MR) is 284 cm³/mol. The van der Waals surface area contributed by atoms with Gasteiger partial charge in [-0.15, -0.1) is 0 Å². The number of amides is 1. The van der Waals surface area contributed by atoms with Crippen LogP contribution in [0.25, 0.3) is 0 Å². The molecule has 0 aliphatic carbocycles. The maximum Gasteiger partial charge on any atom is 0.306 e. The van der Waals surface area contributed by atoms with Crippen molar-refractivity contribution in [3.05, 3.63) is 24.3 Å². The molecule has 0 spiro atoms. The van der Waals surface area contributed by atoms with E-state index in [1.54, 1.807) is 0 Å². The molecule has 0 fully saturated rings. The number of quaternary nitrogens is 1. The van der Waals surface area contributed by atoms with Gasteiger partial charge in [-0.05, 0) is 51.0 Å². The van der Waals surface area contributed by atoms with Crippen molar-refractivity contribution in [2.24, 2.45) is 0 Å². The first-order valence-corrected chi connectivity index (χ1v) is 30.1. The minimum absolute atomic E-state index is 0.0209. The second kappa shape index (κ2) is 48.1. The first kappa shape index (κ1) is 65.5. The van der Waals surface area contributed by atoms with Crippen LogP contribution in [0.3, 0.4) is 0 Å². The van der Waals surface area contributed by atoms with Crippen molar-refractivity contribution >= 4 is 19.7 Å². The van der Waals surface area contributed by atoms with Crippen LogP contribution in [-0.4, -0.2) is 69.4 Å². The maximum atomic E-state index is 13.4. The molecule has 0 bridgehead atoms. The number of likely N-dealkylation sites (N-methyl/N-ethyl adjacent to an activating group) is 1. The van der Waals surface area contributed by atoms with Gasteiger partial charge >= 0.3 is 5.97 Å². The molecule has 9 nitrogen and oxygen atoms in total. The Bertz CT molecular complexity index is 1210. The third-order valence-electron chi connectivity index (χ3n) is 12.9. The Morgan fingerprint density at radius 2 is 0.881 bits per heavy atom. The largest absolute Gasteiger partial charge is 0.756 e.